The van der Waals surface area contributed by atoms with Crippen molar-refractivity contribution in [3.63, 3.8) is 0 Å². The highest BCUT2D eigenvalue weighted by Crippen LogP contribution is 2.44. The number of nitrogens with zero attached hydrogens (tertiary/aromatic N) is 1. The van der Waals surface area contributed by atoms with Crippen LogP contribution >= 0.6 is 0 Å². The van der Waals surface area contributed by atoms with E-state index < -0.39 is 33.7 Å². The first-order valence-electron chi connectivity index (χ1n) is 11.7. The minimum atomic E-state index is -4.61. The minimum absolute atomic E-state index is 0.0377. The molecule has 1 atom stereocenters. The number of amides is 1. The lowest BCUT2D eigenvalue weighted by molar-refractivity contribution is -0.137. The third-order valence-corrected chi connectivity index (χ3v) is 8.06. The summed E-state index contributed by atoms with van der Waals surface area (Å²) in [5.74, 6) is -0.415. The number of nitrogens with one attached hydrogen (secondary N) is 1. The number of hydrogen-bond acceptors (Lipinski definition) is 3. The summed E-state index contributed by atoms with van der Waals surface area (Å²) >= 11 is 0. The van der Waals surface area contributed by atoms with Crippen LogP contribution in [0.15, 0.2) is 53.4 Å². The molecule has 0 saturated carbocycles. The smallest absolute Gasteiger partial charge is 0.352 e. The Morgan fingerprint density at radius 2 is 1.68 bits per heavy atom. The third-order valence-electron chi connectivity index (χ3n) is 6.07. The van der Waals surface area contributed by atoms with E-state index in [2.05, 4.69) is 12.2 Å². The highest BCUT2D eigenvalue weighted by molar-refractivity contribution is 7.89. The van der Waals surface area contributed by atoms with Gasteiger partial charge in [-0.1, -0.05) is 69.4 Å². The van der Waals surface area contributed by atoms with Crippen molar-refractivity contribution >= 4 is 15.9 Å². The van der Waals surface area contributed by atoms with Gasteiger partial charge in [0, 0.05) is 19.5 Å². The topological polar surface area (TPSA) is 66.5 Å². The molecule has 0 spiro atoms. The van der Waals surface area contributed by atoms with Gasteiger partial charge in [0.05, 0.1) is 16.5 Å². The Balaban J connectivity index is 1.80. The minimum Gasteiger partial charge on any atom is -0.352 e. The number of carbonyl (C=O) groups excluding carboxylic acids is 1. The number of fused-ring (bicyclic) bond motifs is 1. The SMILES string of the molecule is CCCCCCCCN1[C@@H](CC(=O)NCc2ccccc2)c2cc(C(F)(F)F)ccc2S1(=O)=O. The van der Waals surface area contributed by atoms with E-state index in [4.69, 9.17) is 0 Å². The fourth-order valence-corrected chi connectivity index (χ4v) is 6.13. The summed E-state index contributed by atoms with van der Waals surface area (Å²) in [5.41, 5.74) is -0.00758. The molecule has 3 rings (SSSR count). The predicted octanol–water partition coefficient (Wildman–Crippen LogP) is 5.82. The molecule has 0 saturated heterocycles. The van der Waals surface area contributed by atoms with Gasteiger partial charge in [-0.3, -0.25) is 4.79 Å². The van der Waals surface area contributed by atoms with Crippen molar-refractivity contribution in [3.8, 4) is 0 Å². The fourth-order valence-electron chi connectivity index (χ4n) is 4.25. The van der Waals surface area contributed by atoms with Crippen molar-refractivity contribution < 1.29 is 26.4 Å². The predicted molar refractivity (Wildman–Crippen MR) is 124 cm³/mol. The van der Waals surface area contributed by atoms with Gasteiger partial charge in [0.25, 0.3) is 0 Å². The molecule has 2 aromatic carbocycles. The van der Waals surface area contributed by atoms with Crippen molar-refractivity contribution in [1.29, 1.82) is 0 Å². The lowest BCUT2D eigenvalue weighted by atomic mass is 10.00. The second-order valence-corrected chi connectivity index (χ2v) is 10.5. The molecule has 0 aromatic heterocycles. The van der Waals surface area contributed by atoms with Gasteiger partial charge in [-0.25, -0.2) is 8.42 Å². The first-order chi connectivity index (χ1) is 16.1. The lowest BCUT2D eigenvalue weighted by Gasteiger charge is -2.23. The molecule has 2 aromatic rings. The van der Waals surface area contributed by atoms with Crippen molar-refractivity contribution in [2.45, 2.75) is 75.5 Å². The van der Waals surface area contributed by atoms with Crippen LogP contribution < -0.4 is 5.32 Å². The Bertz CT molecular complexity index is 1070. The number of alkyl halides is 3. The molecule has 0 aliphatic carbocycles. The molecule has 1 aliphatic heterocycles. The van der Waals surface area contributed by atoms with Crippen molar-refractivity contribution in [3.05, 3.63) is 65.2 Å². The molecule has 1 aliphatic rings. The summed E-state index contributed by atoms with van der Waals surface area (Å²) in [7, 11) is -3.98. The highest BCUT2D eigenvalue weighted by atomic mass is 32.2. The average molecular weight is 497 g/mol. The van der Waals surface area contributed by atoms with Crippen LogP contribution in [0.25, 0.3) is 0 Å². The summed E-state index contributed by atoms with van der Waals surface area (Å²) in [4.78, 5) is 12.6. The summed E-state index contributed by atoms with van der Waals surface area (Å²) in [6.07, 6.45) is 0.796. The van der Waals surface area contributed by atoms with Crippen LogP contribution in [0.2, 0.25) is 0 Å². The van der Waals surface area contributed by atoms with Gasteiger partial charge >= 0.3 is 6.18 Å². The van der Waals surface area contributed by atoms with E-state index in [1.54, 1.807) is 0 Å². The molecule has 0 bridgehead atoms. The molecule has 1 amide bonds. The van der Waals surface area contributed by atoms with Crippen molar-refractivity contribution in [1.82, 2.24) is 9.62 Å². The summed E-state index contributed by atoms with van der Waals surface area (Å²) in [5, 5.41) is 2.76. The Hall–Kier alpha value is -2.39. The number of rotatable bonds is 11. The van der Waals surface area contributed by atoms with E-state index >= 15 is 0 Å². The number of halogens is 3. The van der Waals surface area contributed by atoms with Gasteiger partial charge in [-0.05, 0) is 35.7 Å². The maximum atomic E-state index is 13.4. The van der Waals surface area contributed by atoms with E-state index in [1.165, 1.54) is 4.31 Å². The van der Waals surface area contributed by atoms with Crippen LogP contribution in [0.1, 0.15) is 74.6 Å². The van der Waals surface area contributed by atoms with Crippen LogP contribution in [-0.4, -0.2) is 25.2 Å². The maximum absolute atomic E-state index is 13.4. The fraction of sp³-hybridized carbons (Fsp3) is 0.480. The Morgan fingerprint density at radius 3 is 2.35 bits per heavy atom. The molecule has 0 unspecified atom stereocenters. The van der Waals surface area contributed by atoms with Gasteiger partial charge < -0.3 is 5.32 Å². The number of unbranched alkanes of at least 4 members (excludes halogenated alkanes) is 5. The van der Waals surface area contributed by atoms with E-state index in [9.17, 15) is 26.4 Å². The van der Waals surface area contributed by atoms with Crippen molar-refractivity contribution in [2.24, 2.45) is 0 Å². The largest absolute Gasteiger partial charge is 0.416 e. The van der Waals surface area contributed by atoms with Gasteiger partial charge in [0.2, 0.25) is 15.9 Å². The zero-order valence-electron chi connectivity index (χ0n) is 19.3. The molecule has 0 radical (unpaired) electrons. The first-order valence-corrected chi connectivity index (χ1v) is 13.1. The maximum Gasteiger partial charge on any atom is 0.416 e. The second-order valence-electron chi connectivity index (χ2n) is 8.62. The highest BCUT2D eigenvalue weighted by Gasteiger charge is 2.44. The molecule has 9 heteroatoms. The standard InChI is InChI=1S/C25H31F3N2O3S/c1-2-3-4-5-6-10-15-30-22(17-24(31)29-18-19-11-8-7-9-12-19)21-16-20(25(26,27)28)13-14-23(21)34(30,32)33/h7-9,11-14,16,22H,2-6,10,15,17-18H2,1H3,(H,29,31)/t22-/m0/s1. The molecule has 1 heterocycles. The Kier molecular flexibility index (Phi) is 8.76. The number of carbonyl (C=O) groups is 1. The van der Waals surface area contributed by atoms with Gasteiger partial charge in [-0.15, -0.1) is 0 Å². The number of sulfonamides is 1. The van der Waals surface area contributed by atoms with E-state index in [-0.39, 0.29) is 30.0 Å². The van der Waals surface area contributed by atoms with Crippen LogP contribution in [0.5, 0.6) is 0 Å². The van der Waals surface area contributed by atoms with E-state index in [1.807, 2.05) is 30.3 Å². The molecule has 0 fully saturated rings. The van der Waals surface area contributed by atoms with Crippen LogP contribution in [0, 0.1) is 0 Å². The number of benzene rings is 2. The second kappa shape index (κ2) is 11.4. The van der Waals surface area contributed by atoms with Crippen LogP contribution in [0.3, 0.4) is 0 Å². The Labute approximate surface area is 199 Å². The van der Waals surface area contributed by atoms with Crippen LogP contribution in [-0.2, 0) is 27.5 Å². The number of hydrogen-bond donors (Lipinski definition) is 1. The molecular weight excluding hydrogens is 465 g/mol. The zero-order chi connectivity index (χ0) is 24.8. The molecule has 5 nitrogen and oxygen atoms in total. The van der Waals surface area contributed by atoms with E-state index in [0.717, 1.165) is 55.9 Å². The molecule has 1 N–H and O–H groups in total. The van der Waals surface area contributed by atoms with Crippen LogP contribution in [0.4, 0.5) is 13.2 Å². The molecule has 34 heavy (non-hydrogen) atoms. The first kappa shape index (κ1) is 26.2. The zero-order valence-corrected chi connectivity index (χ0v) is 20.1. The third kappa shape index (κ3) is 6.39. The van der Waals surface area contributed by atoms with Gasteiger partial charge in [0.1, 0.15) is 0 Å². The van der Waals surface area contributed by atoms with Crippen molar-refractivity contribution in [2.75, 3.05) is 6.54 Å². The Morgan fingerprint density at radius 1 is 1.00 bits per heavy atom. The summed E-state index contributed by atoms with van der Waals surface area (Å²) < 4.78 is 67.7. The quantitative estimate of drug-likeness (QED) is 0.399. The van der Waals surface area contributed by atoms with Gasteiger partial charge in [-0.2, -0.15) is 17.5 Å². The summed E-state index contributed by atoms with van der Waals surface area (Å²) in [6, 6.07) is 10.9. The normalized spacial score (nSPS) is 17.5. The average Bonchev–Trinajstić information content (AvgIpc) is 3.00. The molecule has 186 valence electrons. The van der Waals surface area contributed by atoms with Gasteiger partial charge in [0.15, 0.2) is 0 Å². The summed E-state index contributed by atoms with van der Waals surface area (Å²) in [6.45, 7) is 2.53. The van der Waals surface area contributed by atoms with E-state index in [0.29, 0.717) is 6.42 Å². The molecular formula is C25H31F3N2O3S. The lowest BCUT2D eigenvalue weighted by Crippen LogP contribution is -2.33. The monoisotopic (exact) mass is 496 g/mol.